The Kier molecular flexibility index (Phi) is 4.71. The minimum absolute atomic E-state index is 0.297. The fraction of sp³-hybridized carbons (Fsp3) is 0.647. The van der Waals surface area contributed by atoms with Gasteiger partial charge in [-0.2, -0.15) is 0 Å². The summed E-state index contributed by atoms with van der Waals surface area (Å²) >= 11 is 0. The molecule has 1 aromatic carbocycles. The molecule has 20 heavy (non-hydrogen) atoms. The number of nitrogens with one attached hydrogen (secondary N) is 1. The molecule has 0 aliphatic carbocycles. The van der Waals surface area contributed by atoms with Crippen molar-refractivity contribution in [1.82, 2.24) is 10.2 Å². The second kappa shape index (κ2) is 6.70. The van der Waals surface area contributed by atoms with E-state index in [-0.39, 0.29) is 0 Å². The van der Waals surface area contributed by atoms with E-state index in [4.69, 9.17) is 5.73 Å². The Morgan fingerprint density at radius 1 is 1.10 bits per heavy atom. The molecule has 0 saturated carbocycles. The molecule has 2 saturated heterocycles. The summed E-state index contributed by atoms with van der Waals surface area (Å²) in [6.45, 7) is 5.83. The van der Waals surface area contributed by atoms with Gasteiger partial charge in [-0.05, 0) is 50.4 Å². The quantitative estimate of drug-likeness (QED) is 0.879. The van der Waals surface area contributed by atoms with Crippen LogP contribution in [0.5, 0.6) is 0 Å². The lowest BCUT2D eigenvalue weighted by atomic mass is 9.94. The van der Waals surface area contributed by atoms with E-state index in [0.717, 1.165) is 19.0 Å². The van der Waals surface area contributed by atoms with Gasteiger partial charge in [0.25, 0.3) is 0 Å². The van der Waals surface area contributed by atoms with Crippen molar-refractivity contribution in [2.24, 2.45) is 11.7 Å². The van der Waals surface area contributed by atoms with E-state index in [2.05, 4.69) is 40.5 Å². The van der Waals surface area contributed by atoms with Crippen molar-refractivity contribution in [3.63, 3.8) is 0 Å². The molecule has 3 N–H and O–H groups in total. The molecule has 110 valence electrons. The van der Waals surface area contributed by atoms with E-state index in [9.17, 15) is 0 Å². The third-order valence-electron chi connectivity index (χ3n) is 4.98. The lowest BCUT2D eigenvalue weighted by Crippen LogP contribution is -2.32. The topological polar surface area (TPSA) is 41.3 Å². The predicted molar refractivity (Wildman–Crippen MR) is 83.8 cm³/mol. The highest BCUT2D eigenvalue weighted by Crippen LogP contribution is 2.27. The number of piperidine rings is 1. The molecule has 0 bridgehead atoms. The maximum Gasteiger partial charge on any atom is 0.0249 e. The first-order chi connectivity index (χ1) is 9.83. The van der Waals surface area contributed by atoms with Crippen molar-refractivity contribution >= 4 is 0 Å². The first-order valence-corrected chi connectivity index (χ1v) is 8.06. The lowest BCUT2D eigenvalue weighted by molar-refractivity contribution is 0.268. The molecule has 2 aliphatic rings. The van der Waals surface area contributed by atoms with E-state index in [0.29, 0.717) is 12.0 Å². The first-order valence-electron chi connectivity index (χ1n) is 8.06. The van der Waals surface area contributed by atoms with Crippen molar-refractivity contribution < 1.29 is 0 Å². The van der Waals surface area contributed by atoms with Gasteiger partial charge in [-0.3, -0.25) is 0 Å². The zero-order valence-corrected chi connectivity index (χ0v) is 12.3. The van der Waals surface area contributed by atoms with Gasteiger partial charge in [0.1, 0.15) is 0 Å². The van der Waals surface area contributed by atoms with Crippen molar-refractivity contribution in [3.05, 3.63) is 35.9 Å². The molecular weight excluding hydrogens is 246 g/mol. The van der Waals surface area contributed by atoms with Crippen molar-refractivity contribution in [3.8, 4) is 0 Å². The zero-order valence-electron chi connectivity index (χ0n) is 12.3. The molecule has 3 nitrogen and oxygen atoms in total. The van der Waals surface area contributed by atoms with E-state index in [1.165, 1.54) is 44.5 Å². The van der Waals surface area contributed by atoms with Gasteiger partial charge >= 0.3 is 0 Å². The van der Waals surface area contributed by atoms with Crippen LogP contribution in [0.3, 0.4) is 0 Å². The van der Waals surface area contributed by atoms with Crippen molar-refractivity contribution in [2.75, 3.05) is 32.7 Å². The highest BCUT2D eigenvalue weighted by Gasteiger charge is 2.31. The Labute approximate surface area is 122 Å². The van der Waals surface area contributed by atoms with Gasteiger partial charge < -0.3 is 16.0 Å². The van der Waals surface area contributed by atoms with Gasteiger partial charge in [0, 0.05) is 25.0 Å². The second-order valence-corrected chi connectivity index (χ2v) is 6.42. The number of benzene rings is 1. The predicted octanol–water partition coefficient (Wildman–Crippen LogP) is 1.80. The summed E-state index contributed by atoms with van der Waals surface area (Å²) < 4.78 is 0. The minimum Gasteiger partial charge on any atom is -0.326 e. The van der Waals surface area contributed by atoms with E-state index >= 15 is 0 Å². The molecule has 0 radical (unpaired) electrons. The Hall–Kier alpha value is -0.900. The second-order valence-electron chi connectivity index (χ2n) is 6.42. The maximum absolute atomic E-state index is 6.36. The molecule has 2 aliphatic heterocycles. The highest BCUT2D eigenvalue weighted by molar-refractivity contribution is 5.23. The number of nitrogens with two attached hydrogens (primary N) is 1. The smallest absolute Gasteiger partial charge is 0.0249 e. The third-order valence-corrected chi connectivity index (χ3v) is 4.98. The summed E-state index contributed by atoms with van der Waals surface area (Å²) in [6.07, 6.45) is 4.04. The van der Waals surface area contributed by atoms with E-state index < -0.39 is 0 Å². The molecular formula is C17H27N3. The molecule has 2 atom stereocenters. The lowest BCUT2D eigenvalue weighted by Gasteiger charge is -2.25. The number of nitrogens with zero attached hydrogens (tertiary/aromatic N) is 1. The van der Waals surface area contributed by atoms with Gasteiger partial charge in [0.2, 0.25) is 0 Å². The van der Waals surface area contributed by atoms with Crippen molar-refractivity contribution in [2.45, 2.75) is 31.2 Å². The SMILES string of the molecule is N[C@@H]1CN(CCC2CCNCC2)C[C@H]1c1ccccc1. The normalized spacial score (nSPS) is 28.9. The molecule has 1 aromatic rings. The van der Waals surface area contributed by atoms with Crippen LogP contribution in [0.25, 0.3) is 0 Å². The molecule has 2 fully saturated rings. The summed E-state index contributed by atoms with van der Waals surface area (Å²) in [5.74, 6) is 1.44. The first kappa shape index (κ1) is 14.1. The van der Waals surface area contributed by atoms with Crippen LogP contribution in [0, 0.1) is 5.92 Å². The van der Waals surface area contributed by atoms with Crippen LogP contribution in [0.4, 0.5) is 0 Å². The maximum atomic E-state index is 6.36. The molecule has 3 rings (SSSR count). The molecule has 0 amide bonds. The van der Waals surface area contributed by atoms with Crippen LogP contribution in [0.15, 0.2) is 30.3 Å². The summed E-state index contributed by atoms with van der Waals surface area (Å²) in [4.78, 5) is 2.57. The molecule has 2 heterocycles. The van der Waals surface area contributed by atoms with Crippen LogP contribution in [-0.2, 0) is 0 Å². The molecule has 0 unspecified atom stereocenters. The standard InChI is InChI=1S/C17H27N3/c18-17-13-20(11-8-14-6-9-19-10-7-14)12-16(17)15-4-2-1-3-5-15/h1-5,14,16-17,19H,6-13,18H2/t16-,17+/m0/s1. The minimum atomic E-state index is 0.297. The Morgan fingerprint density at radius 3 is 2.60 bits per heavy atom. The van der Waals surface area contributed by atoms with Gasteiger partial charge in [0.05, 0.1) is 0 Å². The van der Waals surface area contributed by atoms with Gasteiger partial charge in [-0.25, -0.2) is 0 Å². The fourth-order valence-corrected chi connectivity index (χ4v) is 3.68. The van der Waals surface area contributed by atoms with Crippen LogP contribution in [-0.4, -0.2) is 43.7 Å². The molecule has 0 spiro atoms. The van der Waals surface area contributed by atoms with E-state index in [1.54, 1.807) is 0 Å². The van der Waals surface area contributed by atoms with Gasteiger partial charge in [0.15, 0.2) is 0 Å². The summed E-state index contributed by atoms with van der Waals surface area (Å²) in [7, 11) is 0. The Balaban J connectivity index is 1.50. The Bertz CT molecular complexity index is 400. The monoisotopic (exact) mass is 273 g/mol. The average molecular weight is 273 g/mol. The van der Waals surface area contributed by atoms with E-state index in [1.807, 2.05) is 0 Å². The van der Waals surface area contributed by atoms with Gasteiger partial charge in [-0.1, -0.05) is 30.3 Å². The highest BCUT2D eigenvalue weighted by atomic mass is 15.2. The van der Waals surface area contributed by atoms with Crippen LogP contribution in [0.2, 0.25) is 0 Å². The van der Waals surface area contributed by atoms with Crippen LogP contribution in [0.1, 0.15) is 30.7 Å². The largest absolute Gasteiger partial charge is 0.326 e. The fourth-order valence-electron chi connectivity index (χ4n) is 3.68. The zero-order chi connectivity index (χ0) is 13.8. The molecule has 0 aromatic heterocycles. The summed E-state index contributed by atoms with van der Waals surface area (Å²) in [6, 6.07) is 11.1. The van der Waals surface area contributed by atoms with Crippen LogP contribution < -0.4 is 11.1 Å². The number of rotatable bonds is 4. The number of hydrogen-bond donors (Lipinski definition) is 2. The van der Waals surface area contributed by atoms with Crippen molar-refractivity contribution in [1.29, 1.82) is 0 Å². The number of likely N-dealkylation sites (tertiary alicyclic amines) is 1. The third kappa shape index (κ3) is 3.40. The summed E-state index contributed by atoms with van der Waals surface area (Å²) in [5, 5.41) is 3.44. The van der Waals surface area contributed by atoms with Gasteiger partial charge in [-0.15, -0.1) is 0 Å². The number of hydrogen-bond acceptors (Lipinski definition) is 3. The Morgan fingerprint density at radius 2 is 1.85 bits per heavy atom. The summed E-state index contributed by atoms with van der Waals surface area (Å²) in [5.41, 5.74) is 7.77. The van der Waals surface area contributed by atoms with Crippen LogP contribution >= 0.6 is 0 Å². The average Bonchev–Trinajstić information content (AvgIpc) is 2.88. The molecule has 3 heteroatoms.